The maximum absolute atomic E-state index is 12.6. The minimum Gasteiger partial charge on any atom is -0.464 e. The van der Waals surface area contributed by atoms with Gasteiger partial charge in [-0.25, -0.2) is 4.79 Å². The van der Waals surface area contributed by atoms with Crippen LogP contribution in [0.25, 0.3) is 0 Å². The van der Waals surface area contributed by atoms with Crippen molar-refractivity contribution in [1.29, 1.82) is 0 Å². The summed E-state index contributed by atoms with van der Waals surface area (Å²) in [6.07, 6.45) is 0. The summed E-state index contributed by atoms with van der Waals surface area (Å²) in [6, 6.07) is 14.6. The Balaban J connectivity index is 2.01. The normalized spacial score (nSPS) is 13.7. The van der Waals surface area contributed by atoms with Crippen molar-refractivity contribution in [3.05, 3.63) is 65.7 Å². The van der Waals surface area contributed by atoms with E-state index in [4.69, 9.17) is 10.5 Å². The lowest BCUT2D eigenvalue weighted by atomic mass is 9.92. The van der Waals surface area contributed by atoms with Gasteiger partial charge in [-0.1, -0.05) is 30.3 Å². The average Bonchev–Trinajstić information content (AvgIpc) is 2.69. The molecule has 7 nitrogen and oxygen atoms in total. The van der Waals surface area contributed by atoms with Gasteiger partial charge in [0.1, 0.15) is 11.6 Å². The number of carbonyl (C=O) groups is 3. The standard InChI is InChI=1S/C21H25N3O4/c1-4-28-19(26)14(2)23-18(25)15-10-12-17(13-11-15)24-20(27)21(3,22)16-8-6-5-7-9-16/h5-14H,4,22H2,1-3H3,(H,23,25)(H,24,27). The Hall–Kier alpha value is -3.19. The highest BCUT2D eigenvalue weighted by molar-refractivity contribution is 6.00. The van der Waals surface area contributed by atoms with Crippen LogP contribution in [0.3, 0.4) is 0 Å². The maximum Gasteiger partial charge on any atom is 0.328 e. The van der Waals surface area contributed by atoms with Crippen molar-refractivity contribution in [3.8, 4) is 0 Å². The second kappa shape index (κ2) is 9.14. The molecule has 2 aromatic rings. The number of ether oxygens (including phenoxy) is 1. The summed E-state index contributed by atoms with van der Waals surface area (Å²) in [5.41, 5.74) is 6.55. The molecule has 0 aliphatic rings. The summed E-state index contributed by atoms with van der Waals surface area (Å²) < 4.78 is 4.86. The molecule has 0 saturated carbocycles. The minimum atomic E-state index is -1.20. The molecule has 28 heavy (non-hydrogen) atoms. The third-order valence-corrected chi connectivity index (χ3v) is 4.24. The fourth-order valence-electron chi connectivity index (χ4n) is 2.49. The van der Waals surface area contributed by atoms with Crippen molar-refractivity contribution in [2.45, 2.75) is 32.4 Å². The molecule has 7 heteroatoms. The number of benzene rings is 2. The number of hydrogen-bond donors (Lipinski definition) is 3. The molecule has 0 radical (unpaired) electrons. The highest BCUT2D eigenvalue weighted by atomic mass is 16.5. The van der Waals surface area contributed by atoms with Crippen LogP contribution in [0.5, 0.6) is 0 Å². The molecule has 4 N–H and O–H groups in total. The van der Waals surface area contributed by atoms with E-state index in [9.17, 15) is 14.4 Å². The zero-order chi connectivity index (χ0) is 20.7. The second-order valence-electron chi connectivity index (χ2n) is 6.55. The summed E-state index contributed by atoms with van der Waals surface area (Å²) in [7, 11) is 0. The fraction of sp³-hybridized carbons (Fsp3) is 0.286. The summed E-state index contributed by atoms with van der Waals surface area (Å²) in [5, 5.41) is 5.32. The molecular weight excluding hydrogens is 358 g/mol. The maximum atomic E-state index is 12.6. The van der Waals surface area contributed by atoms with Gasteiger partial charge in [-0.05, 0) is 50.6 Å². The molecule has 0 fully saturated rings. The smallest absolute Gasteiger partial charge is 0.328 e. The molecule has 2 rings (SSSR count). The number of anilines is 1. The van der Waals surface area contributed by atoms with Crippen LogP contribution in [0, 0.1) is 0 Å². The molecule has 2 atom stereocenters. The lowest BCUT2D eigenvalue weighted by Crippen LogP contribution is -2.45. The van der Waals surface area contributed by atoms with E-state index in [1.165, 1.54) is 0 Å². The van der Waals surface area contributed by atoms with Crippen LogP contribution in [0.2, 0.25) is 0 Å². The van der Waals surface area contributed by atoms with Gasteiger partial charge in [-0.3, -0.25) is 9.59 Å². The topological polar surface area (TPSA) is 111 Å². The molecule has 0 bridgehead atoms. The second-order valence-corrected chi connectivity index (χ2v) is 6.55. The van der Waals surface area contributed by atoms with Gasteiger partial charge in [-0.15, -0.1) is 0 Å². The van der Waals surface area contributed by atoms with Gasteiger partial charge in [-0.2, -0.15) is 0 Å². The van der Waals surface area contributed by atoms with Gasteiger partial charge in [0.05, 0.1) is 6.61 Å². The summed E-state index contributed by atoms with van der Waals surface area (Å²) in [6.45, 7) is 5.13. The highest BCUT2D eigenvalue weighted by Gasteiger charge is 2.30. The molecule has 148 valence electrons. The number of hydrogen-bond acceptors (Lipinski definition) is 5. The third kappa shape index (κ3) is 5.17. The Bertz CT molecular complexity index is 832. The Morgan fingerprint density at radius 2 is 1.68 bits per heavy atom. The van der Waals surface area contributed by atoms with Crippen molar-refractivity contribution in [2.24, 2.45) is 5.73 Å². The zero-order valence-electron chi connectivity index (χ0n) is 16.2. The molecule has 0 aromatic heterocycles. The Morgan fingerprint density at radius 3 is 2.25 bits per heavy atom. The number of amides is 2. The van der Waals surface area contributed by atoms with Gasteiger partial charge < -0.3 is 21.1 Å². The molecule has 0 heterocycles. The number of carbonyl (C=O) groups excluding carboxylic acids is 3. The monoisotopic (exact) mass is 383 g/mol. The van der Waals surface area contributed by atoms with Crippen LogP contribution in [0.15, 0.2) is 54.6 Å². The quantitative estimate of drug-likeness (QED) is 0.635. The SMILES string of the molecule is CCOC(=O)C(C)NC(=O)c1ccc(NC(=O)C(C)(N)c2ccccc2)cc1. The van der Waals surface area contributed by atoms with Crippen molar-refractivity contribution in [1.82, 2.24) is 5.32 Å². The summed E-state index contributed by atoms with van der Waals surface area (Å²) >= 11 is 0. The number of esters is 1. The number of nitrogens with two attached hydrogens (primary N) is 1. The highest BCUT2D eigenvalue weighted by Crippen LogP contribution is 2.20. The first-order valence-corrected chi connectivity index (χ1v) is 8.99. The zero-order valence-corrected chi connectivity index (χ0v) is 16.2. The molecular formula is C21H25N3O4. The lowest BCUT2D eigenvalue weighted by Gasteiger charge is -2.24. The van der Waals surface area contributed by atoms with Gasteiger partial charge in [0.2, 0.25) is 5.91 Å². The molecule has 2 unspecified atom stereocenters. The molecule has 0 spiro atoms. The largest absolute Gasteiger partial charge is 0.464 e. The van der Waals surface area contributed by atoms with Crippen LogP contribution in [0.1, 0.15) is 36.7 Å². The van der Waals surface area contributed by atoms with E-state index in [1.54, 1.807) is 57.2 Å². The molecule has 0 saturated heterocycles. The van der Waals surface area contributed by atoms with Crippen molar-refractivity contribution >= 4 is 23.5 Å². The van der Waals surface area contributed by atoms with E-state index in [-0.39, 0.29) is 12.5 Å². The first-order chi connectivity index (χ1) is 13.3. The van der Waals surface area contributed by atoms with Gasteiger partial charge in [0.25, 0.3) is 5.91 Å². The third-order valence-electron chi connectivity index (χ3n) is 4.24. The van der Waals surface area contributed by atoms with Crippen LogP contribution in [-0.2, 0) is 19.9 Å². The number of rotatable bonds is 7. The van der Waals surface area contributed by atoms with Crippen LogP contribution in [-0.4, -0.2) is 30.4 Å². The van der Waals surface area contributed by atoms with E-state index in [0.717, 1.165) is 0 Å². The fourth-order valence-corrected chi connectivity index (χ4v) is 2.49. The van der Waals surface area contributed by atoms with E-state index >= 15 is 0 Å². The lowest BCUT2D eigenvalue weighted by molar-refractivity contribution is -0.144. The van der Waals surface area contributed by atoms with E-state index in [2.05, 4.69) is 10.6 Å². The molecule has 2 amide bonds. The van der Waals surface area contributed by atoms with Crippen LogP contribution in [0.4, 0.5) is 5.69 Å². The van der Waals surface area contributed by atoms with Crippen LogP contribution >= 0.6 is 0 Å². The van der Waals surface area contributed by atoms with Crippen molar-refractivity contribution < 1.29 is 19.1 Å². The predicted octanol–water partition coefficient (Wildman–Crippen LogP) is 2.18. The van der Waals surface area contributed by atoms with E-state index < -0.39 is 23.5 Å². The van der Waals surface area contributed by atoms with Crippen LogP contribution < -0.4 is 16.4 Å². The molecule has 2 aromatic carbocycles. The Labute approximate surface area is 164 Å². The average molecular weight is 383 g/mol. The van der Waals surface area contributed by atoms with E-state index in [0.29, 0.717) is 16.8 Å². The predicted molar refractivity (Wildman–Crippen MR) is 107 cm³/mol. The van der Waals surface area contributed by atoms with Gasteiger partial charge in [0.15, 0.2) is 0 Å². The number of nitrogens with one attached hydrogen (secondary N) is 2. The van der Waals surface area contributed by atoms with Crippen molar-refractivity contribution in [2.75, 3.05) is 11.9 Å². The first kappa shape index (κ1) is 21.1. The van der Waals surface area contributed by atoms with Gasteiger partial charge in [0, 0.05) is 11.3 Å². The Morgan fingerprint density at radius 1 is 1.07 bits per heavy atom. The Kier molecular flexibility index (Phi) is 6.89. The minimum absolute atomic E-state index is 0.247. The molecule has 0 aliphatic carbocycles. The van der Waals surface area contributed by atoms with Gasteiger partial charge >= 0.3 is 5.97 Å². The summed E-state index contributed by atoms with van der Waals surface area (Å²) in [4.78, 5) is 36.4. The van der Waals surface area contributed by atoms with Crippen molar-refractivity contribution in [3.63, 3.8) is 0 Å². The first-order valence-electron chi connectivity index (χ1n) is 8.99. The summed E-state index contributed by atoms with van der Waals surface area (Å²) in [5.74, 6) is -1.28. The van der Waals surface area contributed by atoms with E-state index in [1.807, 2.05) is 18.2 Å². The molecule has 0 aliphatic heterocycles.